The predicted octanol–water partition coefficient (Wildman–Crippen LogP) is -1.01. The van der Waals surface area contributed by atoms with Crippen LogP contribution in [0.4, 0.5) is 0 Å². The van der Waals surface area contributed by atoms with Gasteiger partial charge in [-0.1, -0.05) is 12.2 Å². The Balaban J connectivity index is 1.95. The van der Waals surface area contributed by atoms with Crippen LogP contribution in [0.5, 0.6) is 0 Å². The third-order valence-corrected chi connectivity index (χ3v) is 4.71. The fourth-order valence-corrected chi connectivity index (χ4v) is 3.24. The van der Waals surface area contributed by atoms with Gasteiger partial charge in [0, 0.05) is 57.2 Å². The number of nitrogens with two attached hydrogens (primary N) is 2. The zero-order valence-electron chi connectivity index (χ0n) is 15.0. The standard InChI is InChI=1S/C17H33N7/c1-14(21-10-9-20-8-6-18)15-4-3-5-16(23-15)17(2)22-11-13-24(17)12-7-19/h3-5,15,20,22-23H,6-13,18-19H2,1-2H3. The number of hydrogen-bond acceptors (Lipinski definition) is 7. The van der Waals surface area contributed by atoms with E-state index in [1.165, 1.54) is 5.70 Å². The van der Waals surface area contributed by atoms with Gasteiger partial charge in [0.1, 0.15) is 5.66 Å². The first-order valence-corrected chi connectivity index (χ1v) is 8.89. The molecule has 136 valence electrons. The van der Waals surface area contributed by atoms with Crippen LogP contribution < -0.4 is 27.4 Å². The van der Waals surface area contributed by atoms with Crippen molar-refractivity contribution in [1.29, 1.82) is 0 Å². The lowest BCUT2D eigenvalue weighted by Gasteiger charge is -2.39. The number of nitrogens with zero attached hydrogens (tertiary/aromatic N) is 2. The van der Waals surface area contributed by atoms with Crippen LogP contribution in [0.25, 0.3) is 0 Å². The highest BCUT2D eigenvalue weighted by molar-refractivity contribution is 5.89. The molecule has 0 aromatic rings. The minimum atomic E-state index is -0.189. The zero-order valence-corrected chi connectivity index (χ0v) is 15.0. The van der Waals surface area contributed by atoms with E-state index in [-0.39, 0.29) is 11.7 Å². The number of aliphatic imine (C=N–C) groups is 1. The Bertz CT molecular complexity index is 485. The first-order valence-electron chi connectivity index (χ1n) is 8.89. The summed E-state index contributed by atoms with van der Waals surface area (Å²) in [6, 6.07) is 0.137. The topological polar surface area (TPSA) is 104 Å². The molecule has 0 saturated carbocycles. The van der Waals surface area contributed by atoms with Crippen LogP contribution >= 0.6 is 0 Å². The van der Waals surface area contributed by atoms with E-state index in [4.69, 9.17) is 11.5 Å². The minimum Gasteiger partial charge on any atom is -0.374 e. The van der Waals surface area contributed by atoms with Crippen LogP contribution in [-0.2, 0) is 0 Å². The van der Waals surface area contributed by atoms with Crippen molar-refractivity contribution in [3.8, 4) is 0 Å². The van der Waals surface area contributed by atoms with Crippen LogP contribution in [0.2, 0.25) is 0 Å². The molecule has 7 N–H and O–H groups in total. The highest BCUT2D eigenvalue weighted by Crippen LogP contribution is 2.25. The van der Waals surface area contributed by atoms with Gasteiger partial charge in [-0.3, -0.25) is 15.2 Å². The Labute approximate surface area is 145 Å². The third-order valence-electron chi connectivity index (χ3n) is 4.71. The summed E-state index contributed by atoms with van der Waals surface area (Å²) >= 11 is 0. The molecule has 0 radical (unpaired) electrons. The van der Waals surface area contributed by atoms with Crippen LogP contribution in [-0.4, -0.2) is 74.7 Å². The van der Waals surface area contributed by atoms with Crippen LogP contribution in [0.15, 0.2) is 28.9 Å². The molecule has 7 heteroatoms. The molecule has 0 spiro atoms. The number of hydrogen-bond donors (Lipinski definition) is 5. The maximum atomic E-state index is 5.77. The van der Waals surface area contributed by atoms with Crippen molar-refractivity contribution in [2.75, 3.05) is 52.4 Å². The predicted molar refractivity (Wildman–Crippen MR) is 101 cm³/mol. The first-order chi connectivity index (χ1) is 11.6. The Morgan fingerprint density at radius 3 is 3.00 bits per heavy atom. The number of dihydropyridines is 1. The number of allylic oxidation sites excluding steroid dienone is 2. The lowest BCUT2D eigenvalue weighted by molar-refractivity contribution is 0.170. The lowest BCUT2D eigenvalue weighted by atomic mass is 10.0. The molecule has 24 heavy (non-hydrogen) atoms. The molecule has 2 heterocycles. The maximum absolute atomic E-state index is 5.77. The third kappa shape index (κ3) is 4.64. The smallest absolute Gasteiger partial charge is 0.110 e. The fourth-order valence-electron chi connectivity index (χ4n) is 3.24. The van der Waals surface area contributed by atoms with Gasteiger partial charge in [0.2, 0.25) is 0 Å². The van der Waals surface area contributed by atoms with Gasteiger partial charge in [-0.25, -0.2) is 0 Å². The van der Waals surface area contributed by atoms with Gasteiger partial charge >= 0.3 is 0 Å². The zero-order chi connectivity index (χ0) is 17.4. The number of nitrogens with one attached hydrogen (secondary N) is 3. The van der Waals surface area contributed by atoms with Gasteiger partial charge in [0.25, 0.3) is 0 Å². The van der Waals surface area contributed by atoms with Crippen molar-refractivity contribution in [3.63, 3.8) is 0 Å². The van der Waals surface area contributed by atoms with Crippen LogP contribution in [0.1, 0.15) is 13.8 Å². The molecule has 2 rings (SSSR count). The fraction of sp³-hybridized carbons (Fsp3) is 0.706. The second kappa shape index (κ2) is 9.29. The molecular weight excluding hydrogens is 302 g/mol. The van der Waals surface area contributed by atoms with Crippen molar-refractivity contribution in [3.05, 3.63) is 23.9 Å². The monoisotopic (exact) mass is 335 g/mol. The molecule has 1 fully saturated rings. The van der Waals surface area contributed by atoms with E-state index < -0.39 is 0 Å². The van der Waals surface area contributed by atoms with Crippen molar-refractivity contribution in [2.24, 2.45) is 16.5 Å². The van der Waals surface area contributed by atoms with Crippen molar-refractivity contribution < 1.29 is 0 Å². The van der Waals surface area contributed by atoms with Crippen molar-refractivity contribution in [1.82, 2.24) is 20.9 Å². The molecule has 2 unspecified atom stereocenters. The Kier molecular flexibility index (Phi) is 7.39. The average Bonchev–Trinajstić information content (AvgIpc) is 2.97. The highest BCUT2D eigenvalue weighted by atomic mass is 15.4. The Morgan fingerprint density at radius 2 is 2.25 bits per heavy atom. The van der Waals surface area contributed by atoms with E-state index in [2.05, 4.69) is 57.9 Å². The Hall–Kier alpha value is -1.25. The lowest BCUT2D eigenvalue weighted by Crippen LogP contribution is -2.57. The second-order valence-corrected chi connectivity index (χ2v) is 6.42. The molecule has 2 aliphatic heterocycles. The van der Waals surface area contributed by atoms with Gasteiger partial charge in [-0.05, 0) is 19.9 Å². The summed E-state index contributed by atoms with van der Waals surface area (Å²) in [6.45, 7) is 11.0. The SMILES string of the molecule is CC(=NCCNCCN)C1C=CC=C(C2(C)NCCN2CCN)N1. The molecule has 0 aromatic heterocycles. The van der Waals surface area contributed by atoms with Gasteiger partial charge in [-0.2, -0.15) is 0 Å². The van der Waals surface area contributed by atoms with Gasteiger partial charge in [0.05, 0.1) is 12.6 Å². The van der Waals surface area contributed by atoms with Crippen molar-refractivity contribution >= 4 is 5.71 Å². The molecule has 1 saturated heterocycles. The van der Waals surface area contributed by atoms with Crippen molar-refractivity contribution in [2.45, 2.75) is 25.6 Å². The van der Waals surface area contributed by atoms with E-state index in [0.29, 0.717) is 13.1 Å². The number of rotatable bonds is 9. The summed E-state index contributed by atoms with van der Waals surface area (Å²) in [5, 5.41) is 10.5. The van der Waals surface area contributed by atoms with Crippen LogP contribution in [0.3, 0.4) is 0 Å². The Morgan fingerprint density at radius 1 is 1.42 bits per heavy atom. The van der Waals surface area contributed by atoms with E-state index in [1.54, 1.807) is 0 Å². The van der Waals surface area contributed by atoms with Gasteiger partial charge < -0.3 is 22.1 Å². The molecule has 0 bridgehead atoms. The first kappa shape index (κ1) is 19.1. The normalized spacial score (nSPS) is 28.1. The maximum Gasteiger partial charge on any atom is 0.110 e. The summed E-state index contributed by atoms with van der Waals surface area (Å²) in [4.78, 5) is 7.07. The minimum absolute atomic E-state index is 0.137. The van der Waals surface area contributed by atoms with Gasteiger partial charge in [-0.15, -0.1) is 0 Å². The van der Waals surface area contributed by atoms with E-state index >= 15 is 0 Å². The largest absolute Gasteiger partial charge is 0.374 e. The molecule has 0 amide bonds. The van der Waals surface area contributed by atoms with Gasteiger partial charge in [0.15, 0.2) is 0 Å². The summed E-state index contributed by atoms with van der Waals surface area (Å²) in [5.74, 6) is 0. The summed E-state index contributed by atoms with van der Waals surface area (Å²) in [5.41, 5.74) is 13.3. The highest BCUT2D eigenvalue weighted by Gasteiger charge is 2.40. The summed E-state index contributed by atoms with van der Waals surface area (Å²) in [7, 11) is 0. The molecular formula is C17H33N7. The summed E-state index contributed by atoms with van der Waals surface area (Å²) in [6.07, 6.45) is 6.42. The molecule has 2 aliphatic rings. The molecule has 0 aliphatic carbocycles. The second-order valence-electron chi connectivity index (χ2n) is 6.42. The van der Waals surface area contributed by atoms with E-state index in [9.17, 15) is 0 Å². The molecule has 2 atom stereocenters. The van der Waals surface area contributed by atoms with E-state index in [0.717, 1.165) is 45.0 Å². The summed E-state index contributed by atoms with van der Waals surface area (Å²) < 4.78 is 0. The molecule has 7 nitrogen and oxygen atoms in total. The average molecular weight is 336 g/mol. The van der Waals surface area contributed by atoms with E-state index in [1.807, 2.05) is 0 Å². The van der Waals surface area contributed by atoms with Crippen LogP contribution in [0, 0.1) is 0 Å². The molecule has 0 aromatic carbocycles. The quantitative estimate of drug-likeness (QED) is 0.273.